The van der Waals surface area contributed by atoms with Crippen molar-refractivity contribution in [3.8, 4) is 5.75 Å². The molecule has 1 saturated heterocycles. The van der Waals surface area contributed by atoms with Crippen LogP contribution >= 0.6 is 0 Å². The van der Waals surface area contributed by atoms with Crippen molar-refractivity contribution in [2.75, 3.05) is 16.8 Å². The Kier molecular flexibility index (Phi) is 5.58. The molecular weight excluding hydrogens is 373 g/mol. The molecule has 1 fully saturated rings. The number of benzene rings is 2. The zero-order chi connectivity index (χ0) is 20.4. The van der Waals surface area contributed by atoms with Gasteiger partial charge in [-0.3, -0.25) is 9.59 Å². The maximum atomic E-state index is 14.0. The number of amides is 2. The van der Waals surface area contributed by atoms with Crippen molar-refractivity contribution in [3.63, 3.8) is 0 Å². The summed E-state index contributed by atoms with van der Waals surface area (Å²) in [6.45, 7) is 3.56. The Bertz CT molecular complexity index is 918. The number of halogens is 3. The molecule has 1 heterocycles. The summed E-state index contributed by atoms with van der Waals surface area (Å²) in [6.07, 6.45) is -0.268. The van der Waals surface area contributed by atoms with E-state index in [-0.39, 0.29) is 24.8 Å². The van der Waals surface area contributed by atoms with Gasteiger partial charge in [-0.25, -0.2) is 13.2 Å². The maximum Gasteiger partial charge on any atom is 0.229 e. The molecule has 0 saturated carbocycles. The molecule has 28 heavy (non-hydrogen) atoms. The van der Waals surface area contributed by atoms with Gasteiger partial charge in [-0.1, -0.05) is 12.1 Å². The molecule has 1 atom stereocenters. The fourth-order valence-corrected chi connectivity index (χ4v) is 3.00. The van der Waals surface area contributed by atoms with Crippen molar-refractivity contribution >= 4 is 23.2 Å². The number of hydrogen-bond donors (Lipinski definition) is 1. The van der Waals surface area contributed by atoms with Gasteiger partial charge in [0.25, 0.3) is 0 Å². The first-order valence-corrected chi connectivity index (χ1v) is 8.78. The largest absolute Gasteiger partial charge is 0.489 e. The SMILES string of the molecule is CC(C)Oc1ccccc1NC(=O)C1CC(=O)N(c2ccc(F)c(F)c2F)C1. The molecule has 5 nitrogen and oxygen atoms in total. The highest BCUT2D eigenvalue weighted by atomic mass is 19.2. The number of ether oxygens (including phenoxy) is 1. The van der Waals surface area contributed by atoms with Gasteiger partial charge in [0.15, 0.2) is 17.5 Å². The van der Waals surface area contributed by atoms with E-state index in [9.17, 15) is 22.8 Å². The Labute approximate surface area is 160 Å². The summed E-state index contributed by atoms with van der Waals surface area (Å²) in [5.41, 5.74) is 0.0637. The fourth-order valence-electron chi connectivity index (χ4n) is 3.00. The third kappa shape index (κ3) is 3.95. The van der Waals surface area contributed by atoms with E-state index < -0.39 is 35.2 Å². The highest BCUT2D eigenvalue weighted by Gasteiger charge is 2.37. The monoisotopic (exact) mass is 392 g/mol. The van der Waals surface area contributed by atoms with Crippen LogP contribution in [0.3, 0.4) is 0 Å². The van der Waals surface area contributed by atoms with Crippen molar-refractivity contribution < 1.29 is 27.5 Å². The lowest BCUT2D eigenvalue weighted by Crippen LogP contribution is -2.29. The van der Waals surface area contributed by atoms with Crippen LogP contribution in [0.15, 0.2) is 36.4 Å². The standard InChI is InChI=1S/C20H19F3N2O3/c1-11(2)28-16-6-4-3-5-14(16)24-20(27)12-9-17(26)25(10-12)15-8-7-13(21)18(22)19(15)23/h3-8,11-12H,9-10H2,1-2H3,(H,24,27). The lowest BCUT2D eigenvalue weighted by Gasteiger charge is -2.18. The third-order valence-corrected chi connectivity index (χ3v) is 4.31. The van der Waals surface area contributed by atoms with E-state index in [1.165, 1.54) is 0 Å². The van der Waals surface area contributed by atoms with Crippen LogP contribution in [0, 0.1) is 23.4 Å². The Morgan fingerprint density at radius 3 is 2.57 bits per heavy atom. The summed E-state index contributed by atoms with van der Waals surface area (Å²) in [5.74, 6) is -5.73. The number of nitrogens with zero attached hydrogens (tertiary/aromatic N) is 1. The lowest BCUT2D eigenvalue weighted by molar-refractivity contribution is -0.122. The number of carbonyl (C=O) groups excluding carboxylic acids is 2. The molecule has 2 aromatic rings. The van der Waals surface area contributed by atoms with Gasteiger partial charge in [0, 0.05) is 13.0 Å². The maximum absolute atomic E-state index is 14.0. The van der Waals surface area contributed by atoms with E-state index in [0.29, 0.717) is 11.4 Å². The Morgan fingerprint density at radius 1 is 1.14 bits per heavy atom. The summed E-state index contributed by atoms with van der Waals surface area (Å²) in [4.78, 5) is 25.8. The van der Waals surface area contributed by atoms with Crippen molar-refractivity contribution in [1.82, 2.24) is 0 Å². The zero-order valence-corrected chi connectivity index (χ0v) is 15.3. The van der Waals surface area contributed by atoms with Gasteiger partial charge < -0.3 is 15.0 Å². The smallest absolute Gasteiger partial charge is 0.229 e. The number of hydrogen-bond acceptors (Lipinski definition) is 3. The molecule has 1 aliphatic rings. The van der Waals surface area contributed by atoms with Crippen LogP contribution < -0.4 is 15.0 Å². The molecule has 1 unspecified atom stereocenters. The first kappa shape index (κ1) is 19.7. The van der Waals surface area contributed by atoms with Crippen molar-refractivity contribution in [3.05, 3.63) is 53.8 Å². The molecule has 2 amide bonds. The molecule has 0 aliphatic carbocycles. The predicted molar refractivity (Wildman–Crippen MR) is 97.6 cm³/mol. The van der Waals surface area contributed by atoms with Crippen LogP contribution in [-0.2, 0) is 9.59 Å². The summed E-state index contributed by atoms with van der Waals surface area (Å²) in [7, 11) is 0. The van der Waals surface area contributed by atoms with Gasteiger partial charge >= 0.3 is 0 Å². The molecule has 0 radical (unpaired) electrons. The summed E-state index contributed by atoms with van der Waals surface area (Å²) in [6, 6.07) is 8.59. The van der Waals surface area contributed by atoms with E-state index >= 15 is 0 Å². The molecular formula is C20H19F3N2O3. The first-order valence-electron chi connectivity index (χ1n) is 8.78. The molecule has 0 spiro atoms. The van der Waals surface area contributed by atoms with Crippen molar-refractivity contribution in [2.24, 2.45) is 5.92 Å². The predicted octanol–water partition coefficient (Wildman–Crippen LogP) is 3.88. The number of nitrogens with one attached hydrogen (secondary N) is 1. The topological polar surface area (TPSA) is 58.6 Å². The van der Waals surface area contributed by atoms with Crippen LogP contribution in [0.2, 0.25) is 0 Å². The van der Waals surface area contributed by atoms with Crippen LogP contribution in [0.1, 0.15) is 20.3 Å². The Balaban J connectivity index is 1.76. The Hall–Kier alpha value is -3.03. The number of rotatable bonds is 5. The molecule has 0 bridgehead atoms. The van der Waals surface area contributed by atoms with Crippen LogP contribution in [-0.4, -0.2) is 24.5 Å². The van der Waals surface area contributed by atoms with Gasteiger partial charge in [-0.2, -0.15) is 0 Å². The fraction of sp³-hybridized carbons (Fsp3) is 0.300. The second kappa shape index (κ2) is 7.92. The van der Waals surface area contributed by atoms with Gasteiger partial charge in [0.1, 0.15) is 5.75 Å². The normalized spacial score (nSPS) is 16.6. The minimum absolute atomic E-state index is 0.0991. The molecule has 3 rings (SSSR count). The highest BCUT2D eigenvalue weighted by Crippen LogP contribution is 2.31. The minimum Gasteiger partial charge on any atom is -0.489 e. The molecule has 1 N–H and O–H groups in total. The van der Waals surface area contributed by atoms with Gasteiger partial charge in [0.2, 0.25) is 11.8 Å². The van der Waals surface area contributed by atoms with Gasteiger partial charge in [-0.05, 0) is 38.1 Å². The van der Waals surface area contributed by atoms with E-state index in [1.54, 1.807) is 24.3 Å². The van der Waals surface area contributed by atoms with Gasteiger partial charge in [-0.15, -0.1) is 0 Å². The molecule has 1 aliphatic heterocycles. The highest BCUT2D eigenvalue weighted by molar-refractivity contribution is 6.04. The first-order chi connectivity index (χ1) is 13.3. The minimum atomic E-state index is -1.65. The molecule has 148 valence electrons. The van der Waals surface area contributed by atoms with Gasteiger partial charge in [0.05, 0.1) is 23.4 Å². The van der Waals surface area contributed by atoms with E-state index in [1.807, 2.05) is 13.8 Å². The third-order valence-electron chi connectivity index (χ3n) is 4.31. The number of para-hydroxylation sites is 2. The quantitative estimate of drug-likeness (QED) is 0.786. The van der Waals surface area contributed by atoms with Crippen molar-refractivity contribution in [2.45, 2.75) is 26.4 Å². The summed E-state index contributed by atoms with van der Waals surface area (Å²) in [5, 5.41) is 2.71. The lowest BCUT2D eigenvalue weighted by atomic mass is 10.1. The number of anilines is 2. The molecule has 2 aromatic carbocycles. The van der Waals surface area contributed by atoms with Crippen LogP contribution in [0.5, 0.6) is 5.75 Å². The Morgan fingerprint density at radius 2 is 1.86 bits per heavy atom. The molecule has 0 aromatic heterocycles. The second-order valence-electron chi connectivity index (χ2n) is 6.75. The second-order valence-corrected chi connectivity index (χ2v) is 6.75. The zero-order valence-electron chi connectivity index (χ0n) is 15.3. The van der Waals surface area contributed by atoms with Crippen LogP contribution in [0.4, 0.5) is 24.5 Å². The van der Waals surface area contributed by atoms with Crippen molar-refractivity contribution in [1.29, 1.82) is 0 Å². The summed E-state index contributed by atoms with van der Waals surface area (Å²) < 4.78 is 46.3. The summed E-state index contributed by atoms with van der Waals surface area (Å²) >= 11 is 0. The average molecular weight is 392 g/mol. The number of carbonyl (C=O) groups is 2. The molecule has 8 heteroatoms. The van der Waals surface area contributed by atoms with E-state index in [0.717, 1.165) is 17.0 Å². The van der Waals surface area contributed by atoms with Crippen LogP contribution in [0.25, 0.3) is 0 Å². The average Bonchev–Trinajstić information content (AvgIpc) is 3.03. The van der Waals surface area contributed by atoms with E-state index in [4.69, 9.17) is 4.74 Å². The van der Waals surface area contributed by atoms with E-state index in [2.05, 4.69) is 5.32 Å².